The van der Waals surface area contributed by atoms with Gasteiger partial charge in [-0.15, -0.1) is 0 Å². The summed E-state index contributed by atoms with van der Waals surface area (Å²) in [4.78, 5) is 0. The molecule has 0 saturated heterocycles. The Morgan fingerprint density at radius 3 is 2.40 bits per heavy atom. The Hall–Kier alpha value is -2.54. The lowest BCUT2D eigenvalue weighted by Gasteiger charge is -2.12. The van der Waals surface area contributed by atoms with Gasteiger partial charge >= 0.3 is 0 Å². The Morgan fingerprint density at radius 1 is 0.950 bits per heavy atom. The number of phenols is 1. The van der Waals surface area contributed by atoms with Crippen molar-refractivity contribution in [2.45, 2.75) is 6.42 Å². The lowest BCUT2D eigenvalue weighted by molar-refractivity contribution is 0.476. The first-order valence-electron chi connectivity index (χ1n) is 6.69. The van der Waals surface area contributed by atoms with Crippen LogP contribution in [0, 0.1) is 0 Å². The van der Waals surface area contributed by atoms with Crippen LogP contribution >= 0.6 is 0 Å². The van der Waals surface area contributed by atoms with E-state index >= 15 is 0 Å². The van der Waals surface area contributed by atoms with Gasteiger partial charge in [0.15, 0.2) is 0 Å². The van der Waals surface area contributed by atoms with Gasteiger partial charge in [-0.2, -0.15) is 0 Å². The van der Waals surface area contributed by atoms with Gasteiger partial charge in [0.25, 0.3) is 0 Å². The van der Waals surface area contributed by atoms with Gasteiger partial charge in [-0.3, -0.25) is 0 Å². The summed E-state index contributed by atoms with van der Waals surface area (Å²) in [6.07, 6.45) is 2.52. The number of hydrogen-bond donors (Lipinski definition) is 1. The Labute approximate surface area is 118 Å². The SMILES string of the molecule is C=Cc1cc2ccccc2c(O)c1Cc1ccccc1. The molecule has 0 unspecified atom stereocenters. The molecule has 3 rings (SSSR count). The molecule has 0 bridgehead atoms. The molecular formula is C19H16O. The van der Waals surface area contributed by atoms with Crippen molar-refractivity contribution >= 4 is 16.8 Å². The van der Waals surface area contributed by atoms with Crippen molar-refractivity contribution in [3.8, 4) is 5.75 Å². The number of rotatable bonds is 3. The third-order valence-electron chi connectivity index (χ3n) is 3.60. The molecule has 1 N–H and O–H groups in total. The minimum absolute atomic E-state index is 0.363. The molecule has 0 spiro atoms. The van der Waals surface area contributed by atoms with Crippen molar-refractivity contribution in [3.63, 3.8) is 0 Å². The van der Waals surface area contributed by atoms with Gasteiger partial charge in [-0.05, 0) is 22.6 Å². The van der Waals surface area contributed by atoms with Gasteiger partial charge in [0, 0.05) is 17.4 Å². The highest BCUT2D eigenvalue weighted by molar-refractivity contribution is 5.92. The molecule has 0 aromatic heterocycles. The first-order chi connectivity index (χ1) is 9.79. The van der Waals surface area contributed by atoms with Crippen LogP contribution in [-0.2, 0) is 6.42 Å². The average Bonchev–Trinajstić information content (AvgIpc) is 2.51. The Kier molecular flexibility index (Phi) is 3.26. The highest BCUT2D eigenvalue weighted by atomic mass is 16.3. The van der Waals surface area contributed by atoms with Crippen LogP contribution in [0.15, 0.2) is 67.2 Å². The fourth-order valence-electron chi connectivity index (χ4n) is 2.56. The van der Waals surface area contributed by atoms with Gasteiger partial charge in [-0.25, -0.2) is 0 Å². The van der Waals surface area contributed by atoms with Crippen LogP contribution in [0.4, 0.5) is 0 Å². The molecule has 1 heteroatoms. The van der Waals surface area contributed by atoms with E-state index in [0.717, 1.165) is 21.9 Å². The number of phenolic OH excluding ortho intramolecular Hbond substituents is 1. The summed E-state index contributed by atoms with van der Waals surface area (Å²) in [7, 11) is 0. The van der Waals surface area contributed by atoms with Gasteiger partial charge < -0.3 is 5.11 Å². The van der Waals surface area contributed by atoms with E-state index in [9.17, 15) is 5.11 Å². The summed E-state index contributed by atoms with van der Waals surface area (Å²) in [6, 6.07) is 20.1. The normalized spacial score (nSPS) is 10.6. The molecule has 0 saturated carbocycles. The molecule has 3 aromatic carbocycles. The topological polar surface area (TPSA) is 20.2 Å². The maximum atomic E-state index is 10.6. The first kappa shape index (κ1) is 12.5. The minimum atomic E-state index is 0.363. The second-order valence-electron chi connectivity index (χ2n) is 4.88. The van der Waals surface area contributed by atoms with E-state index in [1.807, 2.05) is 48.5 Å². The quantitative estimate of drug-likeness (QED) is 0.718. The summed E-state index contributed by atoms with van der Waals surface area (Å²) in [6.45, 7) is 3.87. The molecule has 98 valence electrons. The number of aromatic hydroxyl groups is 1. The van der Waals surface area contributed by atoms with Crippen molar-refractivity contribution < 1.29 is 5.11 Å². The predicted octanol–water partition coefficient (Wildman–Crippen LogP) is 4.78. The van der Waals surface area contributed by atoms with Crippen molar-refractivity contribution in [1.82, 2.24) is 0 Å². The zero-order valence-electron chi connectivity index (χ0n) is 11.2. The molecule has 20 heavy (non-hydrogen) atoms. The number of hydrogen-bond acceptors (Lipinski definition) is 1. The monoisotopic (exact) mass is 260 g/mol. The second kappa shape index (κ2) is 5.22. The van der Waals surface area contributed by atoms with Crippen molar-refractivity contribution in [1.29, 1.82) is 0 Å². The van der Waals surface area contributed by atoms with Crippen molar-refractivity contribution in [3.05, 3.63) is 83.9 Å². The van der Waals surface area contributed by atoms with Gasteiger partial charge in [0.2, 0.25) is 0 Å². The third-order valence-corrected chi connectivity index (χ3v) is 3.60. The maximum Gasteiger partial charge on any atom is 0.127 e. The molecule has 0 aliphatic carbocycles. The lowest BCUT2D eigenvalue weighted by atomic mass is 9.94. The van der Waals surface area contributed by atoms with Crippen molar-refractivity contribution in [2.75, 3.05) is 0 Å². The summed E-state index contributed by atoms with van der Waals surface area (Å²) in [5, 5.41) is 12.5. The highest BCUT2D eigenvalue weighted by Crippen LogP contribution is 2.33. The van der Waals surface area contributed by atoms with Gasteiger partial charge in [-0.1, -0.05) is 67.3 Å². The lowest BCUT2D eigenvalue weighted by Crippen LogP contribution is -1.94. The summed E-state index contributed by atoms with van der Waals surface area (Å²) in [5.74, 6) is 0.363. The second-order valence-corrected chi connectivity index (χ2v) is 4.88. The smallest absolute Gasteiger partial charge is 0.127 e. The van der Waals surface area contributed by atoms with E-state index in [0.29, 0.717) is 12.2 Å². The van der Waals surface area contributed by atoms with Crippen LogP contribution in [0.25, 0.3) is 16.8 Å². The van der Waals surface area contributed by atoms with Crippen LogP contribution < -0.4 is 0 Å². The molecule has 0 heterocycles. The van der Waals surface area contributed by atoms with Crippen LogP contribution in [0.1, 0.15) is 16.7 Å². The molecule has 0 aliphatic heterocycles. The van der Waals surface area contributed by atoms with Gasteiger partial charge in [0.05, 0.1) is 0 Å². The van der Waals surface area contributed by atoms with E-state index in [2.05, 4.69) is 24.8 Å². The molecule has 0 amide bonds. The zero-order chi connectivity index (χ0) is 13.9. The molecule has 0 fully saturated rings. The molecular weight excluding hydrogens is 244 g/mol. The van der Waals surface area contributed by atoms with E-state index in [1.165, 1.54) is 5.56 Å². The fourth-order valence-corrected chi connectivity index (χ4v) is 2.56. The predicted molar refractivity (Wildman–Crippen MR) is 85.0 cm³/mol. The van der Waals surface area contributed by atoms with Gasteiger partial charge in [0.1, 0.15) is 5.75 Å². The minimum Gasteiger partial charge on any atom is -0.507 e. The van der Waals surface area contributed by atoms with E-state index in [4.69, 9.17) is 0 Å². The summed E-state index contributed by atoms with van der Waals surface area (Å²) >= 11 is 0. The fraction of sp³-hybridized carbons (Fsp3) is 0.0526. The maximum absolute atomic E-state index is 10.6. The van der Waals surface area contributed by atoms with Crippen LogP contribution in [0.2, 0.25) is 0 Å². The molecule has 0 atom stereocenters. The van der Waals surface area contributed by atoms with Crippen LogP contribution in [0.3, 0.4) is 0 Å². The largest absolute Gasteiger partial charge is 0.507 e. The molecule has 0 radical (unpaired) electrons. The molecule has 1 nitrogen and oxygen atoms in total. The molecule has 0 aliphatic rings. The summed E-state index contributed by atoms with van der Waals surface area (Å²) < 4.78 is 0. The Balaban J connectivity index is 2.18. The van der Waals surface area contributed by atoms with Crippen molar-refractivity contribution in [2.24, 2.45) is 0 Å². The molecule has 3 aromatic rings. The number of fused-ring (bicyclic) bond motifs is 1. The average molecular weight is 260 g/mol. The zero-order valence-corrected chi connectivity index (χ0v) is 11.2. The highest BCUT2D eigenvalue weighted by Gasteiger charge is 2.11. The number of benzene rings is 3. The van der Waals surface area contributed by atoms with E-state index in [1.54, 1.807) is 0 Å². The van der Waals surface area contributed by atoms with E-state index < -0.39 is 0 Å². The Morgan fingerprint density at radius 2 is 1.65 bits per heavy atom. The third kappa shape index (κ3) is 2.19. The summed E-state index contributed by atoms with van der Waals surface area (Å²) in [5.41, 5.74) is 3.11. The standard InChI is InChI=1S/C19H16O/c1-2-15-13-16-10-6-7-11-17(16)19(20)18(15)12-14-8-4-3-5-9-14/h2-11,13,20H,1,12H2. The van der Waals surface area contributed by atoms with E-state index in [-0.39, 0.29) is 0 Å². The van der Waals surface area contributed by atoms with Crippen LogP contribution in [-0.4, -0.2) is 5.11 Å². The first-order valence-corrected chi connectivity index (χ1v) is 6.69. The Bertz CT molecular complexity index is 757. The van der Waals surface area contributed by atoms with Crippen LogP contribution in [0.5, 0.6) is 5.75 Å².